The number of urea groups is 1. The average molecular weight is 526 g/mol. The highest BCUT2D eigenvalue weighted by molar-refractivity contribution is 6.45. The van der Waals surface area contributed by atoms with Crippen LogP contribution in [-0.4, -0.2) is 38.2 Å². The zero-order valence-electron chi connectivity index (χ0n) is 21.0. The Balaban J connectivity index is 1.97. The van der Waals surface area contributed by atoms with Crippen molar-refractivity contribution in [1.29, 1.82) is 5.41 Å². The second kappa shape index (κ2) is 10.6. The Morgan fingerprint density at radius 2 is 1.71 bits per heavy atom. The molecule has 12 heteroatoms. The highest BCUT2D eigenvalue weighted by Gasteiger charge is 2.38. The zero-order valence-corrected chi connectivity index (χ0v) is 21.0. The Labute approximate surface area is 217 Å². The van der Waals surface area contributed by atoms with E-state index in [1.165, 1.54) is 32.5 Å². The molecule has 3 aromatic rings. The van der Waals surface area contributed by atoms with Crippen molar-refractivity contribution < 1.29 is 31.8 Å². The first-order chi connectivity index (χ1) is 18.1. The van der Waals surface area contributed by atoms with Crippen LogP contribution in [0.5, 0.6) is 11.5 Å². The second-order valence-electron chi connectivity index (χ2n) is 8.41. The number of halogens is 4. The Bertz CT molecular complexity index is 1450. The fraction of sp³-hybridized carbons (Fsp3) is 0.192. The van der Waals surface area contributed by atoms with Crippen LogP contribution in [0.4, 0.5) is 39.4 Å². The minimum Gasteiger partial charge on any atom is -0.493 e. The summed E-state index contributed by atoms with van der Waals surface area (Å²) in [5.74, 6) is -3.57. The Hall–Kier alpha value is -4.35. The number of nitrogens with one attached hydrogen (secondary N) is 1. The van der Waals surface area contributed by atoms with E-state index in [2.05, 4.69) is 4.98 Å². The predicted molar refractivity (Wildman–Crippen MR) is 138 cm³/mol. The second-order valence-corrected chi connectivity index (χ2v) is 8.41. The number of benzene rings is 2. The molecule has 0 unspecified atom stereocenters. The number of pyridine rings is 1. The summed E-state index contributed by atoms with van der Waals surface area (Å²) in [7, 11) is 2.97. The molecule has 4 rings (SSSR count). The van der Waals surface area contributed by atoms with Crippen molar-refractivity contribution in [2.45, 2.75) is 20.3 Å². The number of methoxy groups -OCH3 is 2. The van der Waals surface area contributed by atoms with Crippen LogP contribution < -0.4 is 19.3 Å². The van der Waals surface area contributed by atoms with E-state index in [0.717, 1.165) is 28.0 Å². The first-order valence-corrected chi connectivity index (χ1v) is 11.5. The molecule has 0 fully saturated rings. The van der Waals surface area contributed by atoms with Crippen LogP contribution in [0.15, 0.2) is 42.5 Å². The first kappa shape index (κ1) is 26.7. The van der Waals surface area contributed by atoms with E-state index in [9.17, 15) is 13.6 Å². The van der Waals surface area contributed by atoms with Gasteiger partial charge in [-0.2, -0.15) is 0 Å². The van der Waals surface area contributed by atoms with Gasteiger partial charge in [-0.05, 0) is 25.1 Å². The molecule has 0 bridgehead atoms. The number of allylic oxidation sites excluding steroid dienone is 1. The lowest BCUT2D eigenvalue weighted by atomic mass is 9.79. The van der Waals surface area contributed by atoms with Crippen molar-refractivity contribution in [1.82, 2.24) is 4.98 Å². The van der Waals surface area contributed by atoms with Gasteiger partial charge in [0.15, 0.2) is 34.8 Å². The van der Waals surface area contributed by atoms with Crippen LogP contribution in [0.25, 0.3) is 5.57 Å². The molecule has 0 spiro atoms. The van der Waals surface area contributed by atoms with E-state index in [1.807, 2.05) is 6.82 Å². The topological polar surface area (TPSA) is 78.8 Å². The summed E-state index contributed by atoms with van der Waals surface area (Å²) >= 11 is 0. The van der Waals surface area contributed by atoms with E-state index in [0.29, 0.717) is 24.1 Å². The average Bonchev–Trinajstić information content (AvgIpc) is 2.89. The number of fused-ring (bicyclic) bond motifs is 1. The number of carbonyl (C=O) groups excluding carboxylic acids is 1. The van der Waals surface area contributed by atoms with Gasteiger partial charge in [0.05, 0.1) is 37.8 Å². The molecular weight excluding hydrogens is 503 g/mol. The summed E-state index contributed by atoms with van der Waals surface area (Å²) in [5.41, 5.74) is 0.890. The van der Waals surface area contributed by atoms with Gasteiger partial charge in [-0.25, -0.2) is 22.4 Å². The van der Waals surface area contributed by atoms with Gasteiger partial charge in [-0.3, -0.25) is 14.8 Å². The normalized spacial score (nSPS) is 13.4. The van der Waals surface area contributed by atoms with Crippen molar-refractivity contribution in [2.24, 2.45) is 0 Å². The third kappa shape index (κ3) is 4.57. The number of rotatable bonds is 7. The first-order valence-electron chi connectivity index (χ1n) is 11.5. The number of hydrogen-bond donors (Lipinski definition) is 1. The van der Waals surface area contributed by atoms with Gasteiger partial charge < -0.3 is 14.9 Å². The maximum Gasteiger partial charge on any atom is 0.334 e. The Morgan fingerprint density at radius 3 is 2.26 bits per heavy atom. The van der Waals surface area contributed by atoms with Crippen LogP contribution in [0.1, 0.15) is 18.2 Å². The van der Waals surface area contributed by atoms with E-state index in [-0.39, 0.29) is 35.1 Å². The summed E-state index contributed by atoms with van der Waals surface area (Å²) in [6.07, 6.45) is 1.41. The van der Waals surface area contributed by atoms with E-state index in [4.69, 9.17) is 14.9 Å². The number of aromatic nitrogens is 1. The fourth-order valence-corrected chi connectivity index (χ4v) is 4.22. The number of nitrogens with zero attached hydrogens (tertiary/aromatic N) is 3. The molecule has 2 aromatic carbocycles. The third-order valence-corrected chi connectivity index (χ3v) is 6.02. The van der Waals surface area contributed by atoms with Crippen LogP contribution in [0.2, 0.25) is 6.82 Å². The maximum absolute atomic E-state index is 15.4. The van der Waals surface area contributed by atoms with Crippen LogP contribution in [0, 0.1) is 28.7 Å². The molecule has 0 saturated carbocycles. The Kier molecular flexibility index (Phi) is 7.43. The molecule has 1 aromatic heterocycles. The van der Waals surface area contributed by atoms with Crippen LogP contribution in [-0.2, 0) is 6.54 Å². The van der Waals surface area contributed by atoms with Gasteiger partial charge >= 0.3 is 6.03 Å². The summed E-state index contributed by atoms with van der Waals surface area (Å²) in [6.45, 7) is 3.17. The van der Waals surface area contributed by atoms with E-state index >= 15 is 8.78 Å². The maximum atomic E-state index is 15.4. The molecule has 2 amide bonds. The monoisotopic (exact) mass is 526 g/mol. The summed E-state index contributed by atoms with van der Waals surface area (Å²) in [6, 6.07) is 4.43. The molecule has 1 aliphatic rings. The largest absolute Gasteiger partial charge is 0.493 e. The molecule has 38 heavy (non-hydrogen) atoms. The number of amides is 2. The van der Waals surface area contributed by atoms with Gasteiger partial charge in [0.1, 0.15) is 13.0 Å². The summed E-state index contributed by atoms with van der Waals surface area (Å²) in [5, 5.41) is 8.11. The van der Waals surface area contributed by atoms with Crippen molar-refractivity contribution in [2.75, 3.05) is 24.0 Å². The lowest BCUT2D eigenvalue weighted by molar-refractivity contribution is 0.251. The Morgan fingerprint density at radius 1 is 1.05 bits per heavy atom. The van der Waals surface area contributed by atoms with Crippen LogP contribution >= 0.6 is 0 Å². The molecule has 0 atom stereocenters. The number of carbonyl (C=O) groups is 1. The fourth-order valence-electron chi connectivity index (χ4n) is 4.22. The minimum atomic E-state index is -1.22. The van der Waals surface area contributed by atoms with Gasteiger partial charge in [-0.1, -0.05) is 6.82 Å². The highest BCUT2D eigenvalue weighted by atomic mass is 19.2. The lowest BCUT2D eigenvalue weighted by Crippen LogP contribution is -2.46. The third-order valence-electron chi connectivity index (χ3n) is 6.02. The molecule has 0 aliphatic carbocycles. The molecule has 2 heterocycles. The molecule has 0 radical (unpaired) electrons. The van der Waals surface area contributed by atoms with Crippen molar-refractivity contribution in [3.05, 3.63) is 77.0 Å². The summed E-state index contributed by atoms with van der Waals surface area (Å²) in [4.78, 5) is 20.1. The summed E-state index contributed by atoms with van der Waals surface area (Å²) < 4.78 is 68.8. The van der Waals surface area contributed by atoms with Gasteiger partial charge in [-0.15, -0.1) is 5.98 Å². The lowest BCUT2D eigenvalue weighted by Gasteiger charge is -2.37. The zero-order chi connectivity index (χ0) is 27.7. The SMILES string of the molecule is CB/C=C(\C(C)=N)c1cc2c(cn1)CN(c1c(F)c(OC)cc(OC)c1F)C(=O)N2c1ccc(F)c(F)c1. The number of anilines is 3. The smallest absolute Gasteiger partial charge is 0.334 e. The van der Waals surface area contributed by atoms with Gasteiger partial charge in [0.25, 0.3) is 0 Å². The highest BCUT2D eigenvalue weighted by Crippen LogP contribution is 2.43. The minimum absolute atomic E-state index is 0.0831. The molecular formula is C26H23BF4N4O3. The van der Waals surface area contributed by atoms with Crippen molar-refractivity contribution in [3.63, 3.8) is 0 Å². The van der Waals surface area contributed by atoms with Crippen LogP contribution in [0.3, 0.4) is 0 Å². The number of hydrogen-bond acceptors (Lipinski definition) is 5. The van der Waals surface area contributed by atoms with E-state index in [1.54, 1.807) is 12.9 Å². The standard InChI is InChI=1S/C26H23BF4N4O3/c1-13(32)16(10-27-2)19-8-20-14(11-33-19)12-34(25-23(30)21(37-3)9-22(38-4)24(25)31)26(36)35(20)15-5-6-17(28)18(29)7-15/h5-11,27,32H,12H2,1-4H3/b16-10+,32-13?. The molecule has 196 valence electrons. The van der Waals surface area contributed by atoms with Gasteiger partial charge in [0.2, 0.25) is 0 Å². The van der Waals surface area contributed by atoms with Gasteiger partial charge in [0, 0.05) is 35.2 Å². The van der Waals surface area contributed by atoms with Crippen molar-refractivity contribution in [3.8, 4) is 11.5 Å². The molecule has 1 aliphatic heterocycles. The van der Waals surface area contributed by atoms with Crippen molar-refractivity contribution >= 4 is 41.7 Å². The molecule has 1 N–H and O–H groups in total. The van der Waals surface area contributed by atoms with E-state index < -0.39 is 35.0 Å². The predicted octanol–water partition coefficient (Wildman–Crippen LogP) is 5.80. The number of ether oxygens (including phenoxy) is 2. The molecule has 0 saturated heterocycles. The molecule has 7 nitrogen and oxygen atoms in total. The quantitative estimate of drug-likeness (QED) is 0.240.